The molecule has 1 N–H and O–H groups in total. The highest BCUT2D eigenvalue weighted by atomic mass is 16.2. The fraction of sp³-hybridized carbons (Fsp3) is 0.346. The van der Waals surface area contributed by atoms with Crippen molar-refractivity contribution in [1.29, 1.82) is 0 Å². The number of piperidine rings is 1. The van der Waals surface area contributed by atoms with Crippen molar-refractivity contribution in [1.82, 2.24) is 15.2 Å². The number of carbonyl (C=O) groups is 2. The largest absolute Gasteiger partial charge is 0.347 e. The van der Waals surface area contributed by atoms with Crippen molar-refractivity contribution in [2.24, 2.45) is 5.92 Å². The first-order valence-corrected chi connectivity index (χ1v) is 11.1. The summed E-state index contributed by atoms with van der Waals surface area (Å²) in [4.78, 5) is 31.2. The number of nitrogens with zero attached hydrogens (tertiary/aromatic N) is 2. The Balaban J connectivity index is 1.17. The van der Waals surface area contributed by atoms with Gasteiger partial charge >= 0.3 is 0 Å². The van der Waals surface area contributed by atoms with Crippen LogP contribution in [0.5, 0.6) is 0 Å². The number of hydrogen-bond donors (Lipinski definition) is 1. The number of aromatic nitrogens is 1. The number of likely N-dealkylation sites (tertiary alicyclic amines) is 1. The number of hydrogen-bond acceptors (Lipinski definition) is 3. The first-order chi connectivity index (χ1) is 15.2. The molecule has 0 aliphatic carbocycles. The van der Waals surface area contributed by atoms with E-state index in [4.69, 9.17) is 0 Å². The SMILES string of the molecule is O=C(CCc1ccc2ccccc2n1)NCC(=O)N1CCC(Cc2ccccc2)CC1. The molecule has 0 saturated carbocycles. The van der Waals surface area contributed by atoms with Crippen molar-refractivity contribution in [3.05, 3.63) is 78.0 Å². The Labute approximate surface area is 183 Å². The molecule has 0 spiro atoms. The monoisotopic (exact) mass is 415 g/mol. The normalized spacial score (nSPS) is 14.5. The minimum atomic E-state index is -0.109. The van der Waals surface area contributed by atoms with E-state index in [0.717, 1.165) is 48.9 Å². The quantitative estimate of drug-likeness (QED) is 0.639. The van der Waals surface area contributed by atoms with Crippen molar-refractivity contribution >= 4 is 22.7 Å². The molecule has 2 aromatic carbocycles. The van der Waals surface area contributed by atoms with Crippen LogP contribution in [0, 0.1) is 5.92 Å². The molecule has 1 fully saturated rings. The van der Waals surface area contributed by atoms with Gasteiger partial charge in [0.1, 0.15) is 0 Å². The molecule has 160 valence electrons. The van der Waals surface area contributed by atoms with E-state index in [1.54, 1.807) is 0 Å². The maximum Gasteiger partial charge on any atom is 0.241 e. The third-order valence-corrected chi connectivity index (χ3v) is 6.04. The third-order valence-electron chi connectivity index (χ3n) is 6.04. The standard InChI is InChI=1S/C26H29N3O2/c30-25(13-12-23-11-10-22-8-4-5-9-24(22)28-23)27-19-26(31)29-16-14-21(15-17-29)18-20-6-2-1-3-7-20/h1-11,21H,12-19H2,(H,27,30). The molecule has 1 saturated heterocycles. The van der Waals surface area contributed by atoms with Crippen LogP contribution in [0.1, 0.15) is 30.5 Å². The second-order valence-electron chi connectivity index (χ2n) is 8.29. The average molecular weight is 416 g/mol. The van der Waals surface area contributed by atoms with Crippen molar-refractivity contribution < 1.29 is 9.59 Å². The fourth-order valence-electron chi connectivity index (χ4n) is 4.20. The smallest absolute Gasteiger partial charge is 0.241 e. The molecule has 1 aliphatic rings. The number of rotatable bonds is 7. The van der Waals surface area contributed by atoms with Gasteiger partial charge in [-0.25, -0.2) is 0 Å². The Kier molecular flexibility index (Phi) is 6.92. The second kappa shape index (κ2) is 10.2. The van der Waals surface area contributed by atoms with E-state index in [2.05, 4.69) is 34.6 Å². The summed E-state index contributed by atoms with van der Waals surface area (Å²) < 4.78 is 0. The van der Waals surface area contributed by atoms with E-state index in [1.807, 2.05) is 47.4 Å². The van der Waals surface area contributed by atoms with Crippen LogP contribution in [0.2, 0.25) is 0 Å². The van der Waals surface area contributed by atoms with Gasteiger partial charge in [-0.2, -0.15) is 0 Å². The number of amides is 2. The lowest BCUT2D eigenvalue weighted by atomic mass is 9.90. The van der Waals surface area contributed by atoms with Crippen molar-refractivity contribution in [3.63, 3.8) is 0 Å². The molecule has 5 nitrogen and oxygen atoms in total. The summed E-state index contributed by atoms with van der Waals surface area (Å²) in [6.07, 6.45) is 4.00. The molecule has 5 heteroatoms. The maximum absolute atomic E-state index is 12.5. The second-order valence-corrected chi connectivity index (χ2v) is 8.29. The van der Waals surface area contributed by atoms with Crippen LogP contribution in [0.15, 0.2) is 66.7 Å². The van der Waals surface area contributed by atoms with E-state index in [0.29, 0.717) is 18.8 Å². The number of para-hydroxylation sites is 1. The van der Waals surface area contributed by atoms with Crippen molar-refractivity contribution in [2.75, 3.05) is 19.6 Å². The third kappa shape index (κ3) is 5.91. The highest BCUT2D eigenvalue weighted by Crippen LogP contribution is 2.21. The van der Waals surface area contributed by atoms with Crippen LogP contribution >= 0.6 is 0 Å². The lowest BCUT2D eigenvalue weighted by Crippen LogP contribution is -2.44. The predicted octanol–water partition coefficient (Wildman–Crippen LogP) is 3.76. The van der Waals surface area contributed by atoms with Crippen LogP contribution in [-0.4, -0.2) is 41.3 Å². The van der Waals surface area contributed by atoms with E-state index in [9.17, 15) is 9.59 Å². The summed E-state index contributed by atoms with van der Waals surface area (Å²) in [6.45, 7) is 1.62. The van der Waals surface area contributed by atoms with Gasteiger partial charge in [0.2, 0.25) is 11.8 Å². The predicted molar refractivity (Wildman–Crippen MR) is 123 cm³/mol. The molecular weight excluding hydrogens is 386 g/mol. The molecule has 0 unspecified atom stereocenters. The van der Waals surface area contributed by atoms with Crippen LogP contribution in [-0.2, 0) is 22.4 Å². The molecule has 0 atom stereocenters. The summed E-state index contributed by atoms with van der Waals surface area (Å²) in [5.74, 6) is 0.521. The van der Waals surface area contributed by atoms with Crippen LogP contribution in [0.4, 0.5) is 0 Å². The first-order valence-electron chi connectivity index (χ1n) is 11.1. The number of nitrogens with one attached hydrogen (secondary N) is 1. The lowest BCUT2D eigenvalue weighted by Gasteiger charge is -2.32. The summed E-state index contributed by atoms with van der Waals surface area (Å²) in [5, 5.41) is 3.87. The minimum absolute atomic E-state index is 0.00958. The number of aryl methyl sites for hydroxylation is 1. The number of carbonyl (C=O) groups excluding carboxylic acids is 2. The zero-order valence-electron chi connectivity index (χ0n) is 17.8. The van der Waals surface area contributed by atoms with E-state index < -0.39 is 0 Å². The van der Waals surface area contributed by atoms with Crippen LogP contribution in [0.3, 0.4) is 0 Å². The minimum Gasteiger partial charge on any atom is -0.347 e. The van der Waals surface area contributed by atoms with E-state index in [1.165, 1.54) is 5.56 Å². The molecule has 0 bridgehead atoms. The van der Waals surface area contributed by atoms with E-state index >= 15 is 0 Å². The number of pyridine rings is 1. The molecule has 0 radical (unpaired) electrons. The summed E-state index contributed by atoms with van der Waals surface area (Å²) in [7, 11) is 0. The molecular formula is C26H29N3O2. The molecule has 31 heavy (non-hydrogen) atoms. The number of fused-ring (bicyclic) bond motifs is 1. The first kappa shape index (κ1) is 21.0. The zero-order chi connectivity index (χ0) is 21.5. The molecule has 2 heterocycles. The van der Waals surface area contributed by atoms with Gasteiger partial charge in [-0.3, -0.25) is 14.6 Å². The molecule has 4 rings (SSSR count). The van der Waals surface area contributed by atoms with Gasteiger partial charge in [0, 0.05) is 30.6 Å². The fourth-order valence-corrected chi connectivity index (χ4v) is 4.20. The number of benzene rings is 2. The average Bonchev–Trinajstić information content (AvgIpc) is 2.82. The Bertz CT molecular complexity index is 1030. The molecule has 1 aromatic heterocycles. The van der Waals surface area contributed by atoms with Gasteiger partial charge in [0.25, 0.3) is 0 Å². The van der Waals surface area contributed by atoms with Gasteiger partial charge in [0.05, 0.1) is 12.1 Å². The lowest BCUT2D eigenvalue weighted by molar-refractivity contribution is -0.134. The Hall–Kier alpha value is -3.21. The molecule has 3 aromatic rings. The zero-order valence-corrected chi connectivity index (χ0v) is 17.8. The Morgan fingerprint density at radius 3 is 2.48 bits per heavy atom. The Morgan fingerprint density at radius 1 is 0.935 bits per heavy atom. The van der Waals surface area contributed by atoms with Crippen LogP contribution in [0.25, 0.3) is 10.9 Å². The highest BCUT2D eigenvalue weighted by Gasteiger charge is 2.23. The van der Waals surface area contributed by atoms with E-state index in [-0.39, 0.29) is 18.4 Å². The van der Waals surface area contributed by atoms with Crippen molar-refractivity contribution in [3.8, 4) is 0 Å². The summed E-state index contributed by atoms with van der Waals surface area (Å²) in [5.41, 5.74) is 3.19. The van der Waals surface area contributed by atoms with Gasteiger partial charge < -0.3 is 10.2 Å². The topological polar surface area (TPSA) is 62.3 Å². The summed E-state index contributed by atoms with van der Waals surface area (Å²) >= 11 is 0. The van der Waals surface area contributed by atoms with Gasteiger partial charge in [-0.15, -0.1) is 0 Å². The van der Waals surface area contributed by atoms with Gasteiger partial charge in [-0.1, -0.05) is 54.6 Å². The Morgan fingerprint density at radius 2 is 1.68 bits per heavy atom. The van der Waals surface area contributed by atoms with Crippen LogP contribution < -0.4 is 5.32 Å². The van der Waals surface area contributed by atoms with Crippen molar-refractivity contribution in [2.45, 2.75) is 32.1 Å². The van der Waals surface area contributed by atoms with Gasteiger partial charge in [-0.05, 0) is 49.3 Å². The maximum atomic E-state index is 12.5. The molecule has 2 amide bonds. The highest BCUT2D eigenvalue weighted by molar-refractivity contribution is 5.85. The van der Waals surface area contributed by atoms with Gasteiger partial charge in [0.15, 0.2) is 0 Å². The molecule has 1 aliphatic heterocycles. The summed E-state index contributed by atoms with van der Waals surface area (Å²) in [6, 6.07) is 22.5.